The zero-order chi connectivity index (χ0) is 18.8. The molecule has 3 nitrogen and oxygen atoms in total. The Hall–Kier alpha value is -2.62. The Kier molecular flexibility index (Phi) is 6.18. The first kappa shape index (κ1) is 20.1. The SMILES string of the molecule is CN(C)Cc1ccc(C(=O)N2c3ccccc3CCc3ccccc32)cc1.Cl. The van der Waals surface area contributed by atoms with Gasteiger partial charge in [-0.15, -0.1) is 12.4 Å². The monoisotopic (exact) mass is 392 g/mol. The minimum absolute atomic E-state index is 0. The molecule has 4 rings (SSSR count). The van der Waals surface area contributed by atoms with E-state index in [9.17, 15) is 4.79 Å². The van der Waals surface area contributed by atoms with Gasteiger partial charge in [0.15, 0.2) is 0 Å². The lowest BCUT2D eigenvalue weighted by atomic mass is 10.0. The molecule has 3 aromatic rings. The Labute approximate surface area is 173 Å². The average Bonchev–Trinajstić information content (AvgIpc) is 2.84. The molecule has 0 N–H and O–H groups in total. The molecule has 0 unspecified atom stereocenters. The van der Waals surface area contributed by atoms with Crippen molar-refractivity contribution in [1.82, 2.24) is 4.90 Å². The van der Waals surface area contributed by atoms with Gasteiger partial charge in [-0.05, 0) is 67.9 Å². The van der Waals surface area contributed by atoms with Crippen LogP contribution in [0.1, 0.15) is 27.0 Å². The van der Waals surface area contributed by atoms with Crippen molar-refractivity contribution in [3.8, 4) is 0 Å². The Morgan fingerprint density at radius 2 is 1.32 bits per heavy atom. The molecule has 0 saturated carbocycles. The zero-order valence-corrected chi connectivity index (χ0v) is 17.1. The van der Waals surface area contributed by atoms with E-state index in [1.165, 1.54) is 16.7 Å². The lowest BCUT2D eigenvalue weighted by Crippen LogP contribution is -2.27. The van der Waals surface area contributed by atoms with E-state index in [1.54, 1.807) is 0 Å². The van der Waals surface area contributed by atoms with Crippen LogP contribution < -0.4 is 4.90 Å². The van der Waals surface area contributed by atoms with Gasteiger partial charge < -0.3 is 4.90 Å². The Balaban J connectivity index is 0.00000225. The summed E-state index contributed by atoms with van der Waals surface area (Å²) in [5.41, 5.74) is 6.32. The van der Waals surface area contributed by atoms with Crippen LogP contribution in [-0.2, 0) is 19.4 Å². The molecular formula is C24H25ClN2O. The van der Waals surface area contributed by atoms with Crippen LogP contribution in [0.2, 0.25) is 0 Å². The van der Waals surface area contributed by atoms with Crippen LogP contribution in [-0.4, -0.2) is 24.9 Å². The van der Waals surface area contributed by atoms with Crippen LogP contribution in [0.25, 0.3) is 0 Å². The van der Waals surface area contributed by atoms with Crippen molar-refractivity contribution in [3.05, 3.63) is 95.1 Å². The second-order valence-corrected chi connectivity index (χ2v) is 7.33. The van der Waals surface area contributed by atoms with Crippen LogP contribution in [0.5, 0.6) is 0 Å². The van der Waals surface area contributed by atoms with Gasteiger partial charge in [0.1, 0.15) is 0 Å². The van der Waals surface area contributed by atoms with Crippen molar-refractivity contribution >= 4 is 29.7 Å². The molecule has 1 amide bonds. The summed E-state index contributed by atoms with van der Waals surface area (Å²) < 4.78 is 0. The highest BCUT2D eigenvalue weighted by atomic mass is 35.5. The van der Waals surface area contributed by atoms with Crippen LogP contribution in [0.15, 0.2) is 72.8 Å². The maximum absolute atomic E-state index is 13.5. The molecule has 1 heterocycles. The molecule has 0 saturated heterocycles. The van der Waals surface area contributed by atoms with Gasteiger partial charge >= 0.3 is 0 Å². The second kappa shape index (κ2) is 8.59. The standard InChI is InChI=1S/C24H24N2O.ClH/c1-25(2)17-18-11-13-21(14-12-18)24(27)26-22-9-5-3-7-19(22)15-16-20-8-4-6-10-23(20)26;/h3-14H,15-17H2,1-2H3;1H. The van der Waals surface area contributed by atoms with Crippen LogP contribution in [0, 0.1) is 0 Å². The minimum atomic E-state index is 0. The summed E-state index contributed by atoms with van der Waals surface area (Å²) in [6.45, 7) is 0.865. The fourth-order valence-corrected chi connectivity index (χ4v) is 3.75. The Bertz CT molecular complexity index is 919. The summed E-state index contributed by atoms with van der Waals surface area (Å²) in [7, 11) is 4.09. The number of hydrogen-bond donors (Lipinski definition) is 0. The largest absolute Gasteiger partial charge is 0.305 e. The lowest BCUT2D eigenvalue weighted by Gasteiger charge is -2.25. The first-order valence-electron chi connectivity index (χ1n) is 9.37. The number of rotatable bonds is 3. The average molecular weight is 393 g/mol. The third kappa shape index (κ3) is 3.96. The molecule has 1 aliphatic rings. The number of para-hydroxylation sites is 2. The summed E-state index contributed by atoms with van der Waals surface area (Å²) in [6, 6.07) is 24.4. The third-order valence-electron chi connectivity index (χ3n) is 5.03. The van der Waals surface area contributed by atoms with Gasteiger partial charge in [-0.1, -0.05) is 48.5 Å². The molecule has 0 fully saturated rings. The molecule has 1 aliphatic heterocycles. The summed E-state index contributed by atoms with van der Waals surface area (Å²) in [5.74, 6) is 0.0215. The second-order valence-electron chi connectivity index (χ2n) is 7.33. The Morgan fingerprint density at radius 3 is 1.82 bits per heavy atom. The van der Waals surface area contributed by atoms with Gasteiger partial charge in [0.25, 0.3) is 5.91 Å². The van der Waals surface area contributed by atoms with Crippen LogP contribution in [0.4, 0.5) is 11.4 Å². The molecule has 0 aromatic heterocycles. The van der Waals surface area contributed by atoms with Crippen molar-refractivity contribution in [1.29, 1.82) is 0 Å². The number of halogens is 1. The highest BCUT2D eigenvalue weighted by Crippen LogP contribution is 2.37. The molecule has 0 radical (unpaired) electrons. The highest BCUT2D eigenvalue weighted by molar-refractivity contribution is 6.12. The Morgan fingerprint density at radius 1 is 0.821 bits per heavy atom. The number of aryl methyl sites for hydroxylation is 2. The summed E-state index contributed by atoms with van der Waals surface area (Å²) in [4.78, 5) is 17.5. The number of benzene rings is 3. The van der Waals surface area contributed by atoms with Gasteiger partial charge in [0.05, 0.1) is 11.4 Å². The van der Waals surface area contributed by atoms with E-state index in [2.05, 4.69) is 29.2 Å². The number of carbonyl (C=O) groups is 1. The fourth-order valence-electron chi connectivity index (χ4n) is 3.75. The molecule has 3 aromatic carbocycles. The van der Waals surface area contributed by atoms with Gasteiger partial charge in [0, 0.05) is 12.1 Å². The number of anilines is 2. The molecular weight excluding hydrogens is 368 g/mol. The predicted octanol–water partition coefficient (Wildman–Crippen LogP) is 5.25. The van der Waals surface area contributed by atoms with Crippen molar-refractivity contribution in [2.75, 3.05) is 19.0 Å². The topological polar surface area (TPSA) is 23.6 Å². The lowest BCUT2D eigenvalue weighted by molar-refractivity contribution is 0.0999. The zero-order valence-electron chi connectivity index (χ0n) is 16.3. The number of carbonyl (C=O) groups excluding carboxylic acids is 1. The van der Waals surface area contributed by atoms with Gasteiger partial charge in [-0.25, -0.2) is 0 Å². The third-order valence-corrected chi connectivity index (χ3v) is 5.03. The van der Waals surface area contributed by atoms with E-state index < -0.39 is 0 Å². The maximum Gasteiger partial charge on any atom is 0.262 e. The van der Waals surface area contributed by atoms with E-state index in [-0.39, 0.29) is 18.3 Å². The van der Waals surface area contributed by atoms with Gasteiger partial charge in [-0.2, -0.15) is 0 Å². The number of amides is 1. The molecule has 0 spiro atoms. The van der Waals surface area contributed by atoms with Crippen LogP contribution >= 0.6 is 12.4 Å². The fraction of sp³-hybridized carbons (Fsp3) is 0.208. The number of fused-ring (bicyclic) bond motifs is 2. The summed E-state index contributed by atoms with van der Waals surface area (Å²) >= 11 is 0. The van der Waals surface area contributed by atoms with E-state index in [1.807, 2.05) is 67.5 Å². The smallest absolute Gasteiger partial charge is 0.262 e. The predicted molar refractivity (Wildman–Crippen MR) is 118 cm³/mol. The molecule has 4 heteroatoms. The molecule has 144 valence electrons. The van der Waals surface area contributed by atoms with E-state index in [0.29, 0.717) is 5.56 Å². The molecule has 0 atom stereocenters. The number of hydrogen-bond acceptors (Lipinski definition) is 2. The first-order valence-corrected chi connectivity index (χ1v) is 9.37. The van der Waals surface area contributed by atoms with Gasteiger partial charge in [0.2, 0.25) is 0 Å². The van der Waals surface area contributed by atoms with Crippen LogP contribution in [0.3, 0.4) is 0 Å². The van der Waals surface area contributed by atoms with E-state index in [4.69, 9.17) is 0 Å². The molecule has 28 heavy (non-hydrogen) atoms. The molecule has 0 aliphatic carbocycles. The summed E-state index contributed by atoms with van der Waals surface area (Å²) in [6.07, 6.45) is 1.89. The normalized spacial score (nSPS) is 12.6. The van der Waals surface area contributed by atoms with Crippen molar-refractivity contribution < 1.29 is 4.79 Å². The van der Waals surface area contributed by atoms with Crippen molar-refractivity contribution in [3.63, 3.8) is 0 Å². The summed E-state index contributed by atoms with van der Waals surface area (Å²) in [5, 5.41) is 0. The van der Waals surface area contributed by atoms with Gasteiger partial charge in [-0.3, -0.25) is 9.69 Å². The molecule has 0 bridgehead atoms. The maximum atomic E-state index is 13.5. The van der Waals surface area contributed by atoms with Crippen molar-refractivity contribution in [2.45, 2.75) is 19.4 Å². The highest BCUT2D eigenvalue weighted by Gasteiger charge is 2.26. The van der Waals surface area contributed by atoms with Crippen molar-refractivity contribution in [2.24, 2.45) is 0 Å². The quantitative estimate of drug-likeness (QED) is 0.608. The minimum Gasteiger partial charge on any atom is -0.305 e. The number of nitrogens with zero attached hydrogens (tertiary/aromatic N) is 2. The van der Waals surface area contributed by atoms with E-state index in [0.717, 1.165) is 30.8 Å². The van der Waals surface area contributed by atoms with E-state index >= 15 is 0 Å². The first-order chi connectivity index (χ1) is 13.1.